The van der Waals surface area contributed by atoms with Gasteiger partial charge >= 0.3 is 0 Å². The summed E-state index contributed by atoms with van der Waals surface area (Å²) in [5, 5.41) is 3.28. The Kier molecular flexibility index (Phi) is 3.49. The number of benzene rings is 1. The monoisotopic (exact) mass is 295 g/mol. The molecule has 1 saturated heterocycles. The number of nitrogens with one attached hydrogen (secondary N) is 1. The zero-order valence-corrected chi connectivity index (χ0v) is 11.7. The first-order valence-corrected chi connectivity index (χ1v) is 6.90. The number of hydrogen-bond donors (Lipinski definition) is 1. The molecule has 0 bridgehead atoms. The number of imidazole rings is 1. The van der Waals surface area contributed by atoms with Crippen LogP contribution in [0.2, 0.25) is 0 Å². The fourth-order valence-electron chi connectivity index (χ4n) is 2.86. The van der Waals surface area contributed by atoms with E-state index in [1.807, 2.05) is 0 Å². The zero-order chi connectivity index (χ0) is 15.0. The number of rotatable bonds is 2. The van der Waals surface area contributed by atoms with Gasteiger partial charge in [-0.05, 0) is 25.9 Å². The summed E-state index contributed by atoms with van der Waals surface area (Å²) in [5.74, 6) is -3.06. The van der Waals surface area contributed by atoms with Gasteiger partial charge < -0.3 is 5.32 Å². The highest BCUT2D eigenvalue weighted by Crippen LogP contribution is 2.34. The predicted molar refractivity (Wildman–Crippen MR) is 72.9 cm³/mol. The van der Waals surface area contributed by atoms with Crippen LogP contribution in [-0.2, 0) is 5.41 Å². The molecule has 1 aliphatic heterocycles. The lowest BCUT2D eigenvalue weighted by molar-refractivity contribution is 0.323. The van der Waals surface area contributed by atoms with Gasteiger partial charge in [0, 0.05) is 29.4 Å². The lowest BCUT2D eigenvalue weighted by atomic mass is 9.78. The SMILES string of the molecule is CC1(c2cncn2-c2cc(F)c(F)cc2F)CCNCC1. The van der Waals surface area contributed by atoms with Crippen LogP contribution in [0.15, 0.2) is 24.7 Å². The van der Waals surface area contributed by atoms with E-state index < -0.39 is 17.5 Å². The molecule has 0 saturated carbocycles. The topological polar surface area (TPSA) is 29.9 Å². The van der Waals surface area contributed by atoms with Crippen molar-refractivity contribution in [2.75, 3.05) is 13.1 Å². The summed E-state index contributed by atoms with van der Waals surface area (Å²) in [6, 6.07) is 1.44. The van der Waals surface area contributed by atoms with Crippen molar-refractivity contribution in [2.45, 2.75) is 25.2 Å². The van der Waals surface area contributed by atoms with Crippen molar-refractivity contribution < 1.29 is 13.2 Å². The van der Waals surface area contributed by atoms with E-state index >= 15 is 0 Å². The molecule has 0 atom stereocenters. The average Bonchev–Trinajstić information content (AvgIpc) is 2.93. The first-order valence-electron chi connectivity index (χ1n) is 6.90. The third-order valence-corrected chi connectivity index (χ3v) is 4.21. The third kappa shape index (κ3) is 2.44. The van der Waals surface area contributed by atoms with Crippen LogP contribution in [0, 0.1) is 17.5 Å². The molecule has 1 aromatic heterocycles. The van der Waals surface area contributed by atoms with Crippen molar-refractivity contribution in [3.05, 3.63) is 47.8 Å². The Hall–Kier alpha value is -1.82. The van der Waals surface area contributed by atoms with E-state index in [4.69, 9.17) is 0 Å². The van der Waals surface area contributed by atoms with E-state index in [1.54, 1.807) is 6.20 Å². The van der Waals surface area contributed by atoms with Crippen LogP contribution >= 0.6 is 0 Å². The van der Waals surface area contributed by atoms with Crippen molar-refractivity contribution in [3.8, 4) is 5.69 Å². The number of aromatic nitrogens is 2. The Bertz CT molecular complexity index is 660. The van der Waals surface area contributed by atoms with Gasteiger partial charge in [-0.1, -0.05) is 6.92 Å². The Morgan fingerprint density at radius 3 is 2.48 bits per heavy atom. The zero-order valence-electron chi connectivity index (χ0n) is 11.7. The van der Waals surface area contributed by atoms with E-state index in [-0.39, 0.29) is 11.1 Å². The van der Waals surface area contributed by atoms with E-state index in [0.29, 0.717) is 6.07 Å². The molecule has 0 spiro atoms. The molecule has 1 N–H and O–H groups in total. The summed E-state index contributed by atoms with van der Waals surface area (Å²) in [5.41, 5.74) is 0.633. The third-order valence-electron chi connectivity index (χ3n) is 4.21. The minimum atomic E-state index is -1.19. The molecule has 6 heteroatoms. The highest BCUT2D eigenvalue weighted by molar-refractivity contribution is 5.38. The molecule has 2 heterocycles. The largest absolute Gasteiger partial charge is 0.317 e. The van der Waals surface area contributed by atoms with Gasteiger partial charge in [0.05, 0.1) is 12.0 Å². The van der Waals surface area contributed by atoms with Gasteiger partial charge in [-0.2, -0.15) is 0 Å². The molecule has 0 amide bonds. The maximum atomic E-state index is 14.0. The molecule has 0 unspecified atom stereocenters. The van der Waals surface area contributed by atoms with Gasteiger partial charge in [0.2, 0.25) is 0 Å². The van der Waals surface area contributed by atoms with E-state index in [1.165, 1.54) is 10.9 Å². The molecule has 112 valence electrons. The number of nitrogens with zero attached hydrogens (tertiary/aromatic N) is 2. The Balaban J connectivity index is 2.09. The van der Waals surface area contributed by atoms with E-state index in [0.717, 1.165) is 37.7 Å². The summed E-state index contributed by atoms with van der Waals surface area (Å²) in [7, 11) is 0. The van der Waals surface area contributed by atoms with Crippen LogP contribution in [0.3, 0.4) is 0 Å². The summed E-state index contributed by atoms with van der Waals surface area (Å²) in [4.78, 5) is 4.07. The smallest absolute Gasteiger partial charge is 0.161 e. The summed E-state index contributed by atoms with van der Waals surface area (Å²) in [6.45, 7) is 3.81. The Labute approximate surface area is 120 Å². The maximum absolute atomic E-state index is 14.0. The fraction of sp³-hybridized carbons (Fsp3) is 0.400. The van der Waals surface area contributed by atoms with Crippen LogP contribution in [0.25, 0.3) is 5.69 Å². The van der Waals surface area contributed by atoms with Gasteiger partial charge in [0.25, 0.3) is 0 Å². The molecule has 2 aromatic rings. The molecule has 21 heavy (non-hydrogen) atoms. The Morgan fingerprint density at radius 2 is 1.76 bits per heavy atom. The van der Waals surface area contributed by atoms with Crippen molar-refractivity contribution in [1.82, 2.24) is 14.9 Å². The van der Waals surface area contributed by atoms with Crippen LogP contribution < -0.4 is 5.32 Å². The molecular weight excluding hydrogens is 279 g/mol. The second-order valence-corrected chi connectivity index (χ2v) is 5.68. The normalized spacial score (nSPS) is 17.9. The molecule has 3 rings (SSSR count). The molecule has 0 radical (unpaired) electrons. The summed E-state index contributed by atoms with van der Waals surface area (Å²) in [6.07, 6.45) is 4.87. The molecule has 0 aliphatic carbocycles. The van der Waals surface area contributed by atoms with Crippen molar-refractivity contribution in [1.29, 1.82) is 0 Å². The van der Waals surface area contributed by atoms with E-state index in [9.17, 15) is 13.2 Å². The first-order chi connectivity index (χ1) is 10.0. The van der Waals surface area contributed by atoms with Gasteiger partial charge in [0.1, 0.15) is 5.82 Å². The first kappa shape index (κ1) is 14.1. The number of halogens is 3. The van der Waals surface area contributed by atoms with Gasteiger partial charge in [-0.15, -0.1) is 0 Å². The fourth-order valence-corrected chi connectivity index (χ4v) is 2.86. The molecule has 1 aliphatic rings. The average molecular weight is 295 g/mol. The summed E-state index contributed by atoms with van der Waals surface area (Å²) >= 11 is 0. The predicted octanol–water partition coefficient (Wildman–Crippen LogP) is 2.93. The minimum absolute atomic E-state index is 0.0128. The maximum Gasteiger partial charge on any atom is 0.161 e. The highest BCUT2D eigenvalue weighted by atomic mass is 19.2. The van der Waals surface area contributed by atoms with Crippen LogP contribution in [-0.4, -0.2) is 22.6 Å². The van der Waals surface area contributed by atoms with Gasteiger partial charge in [0.15, 0.2) is 11.6 Å². The standard InChI is InChI=1S/C15H16F3N3/c1-15(2-4-19-5-3-15)14-8-20-9-21(14)13-7-11(17)10(16)6-12(13)18/h6-9,19H,2-5H2,1H3. The number of piperidine rings is 1. The molecular formula is C15H16F3N3. The van der Waals surface area contributed by atoms with E-state index in [2.05, 4.69) is 17.2 Å². The van der Waals surface area contributed by atoms with Gasteiger partial charge in [-0.3, -0.25) is 4.57 Å². The van der Waals surface area contributed by atoms with Crippen LogP contribution in [0.1, 0.15) is 25.5 Å². The molecule has 1 fully saturated rings. The second-order valence-electron chi connectivity index (χ2n) is 5.68. The Morgan fingerprint density at radius 1 is 1.10 bits per heavy atom. The quantitative estimate of drug-likeness (QED) is 0.863. The van der Waals surface area contributed by atoms with Gasteiger partial charge in [-0.25, -0.2) is 18.2 Å². The van der Waals surface area contributed by atoms with Crippen molar-refractivity contribution in [3.63, 3.8) is 0 Å². The highest BCUT2D eigenvalue weighted by Gasteiger charge is 2.32. The molecule has 3 nitrogen and oxygen atoms in total. The van der Waals surface area contributed by atoms with Crippen molar-refractivity contribution in [2.24, 2.45) is 0 Å². The van der Waals surface area contributed by atoms with Crippen LogP contribution in [0.5, 0.6) is 0 Å². The van der Waals surface area contributed by atoms with Crippen molar-refractivity contribution >= 4 is 0 Å². The lowest BCUT2D eigenvalue weighted by Crippen LogP contribution is -2.38. The molecule has 1 aromatic carbocycles. The lowest BCUT2D eigenvalue weighted by Gasteiger charge is -2.34. The van der Waals surface area contributed by atoms with Crippen LogP contribution in [0.4, 0.5) is 13.2 Å². The minimum Gasteiger partial charge on any atom is -0.317 e. The number of hydrogen-bond acceptors (Lipinski definition) is 2. The summed E-state index contributed by atoms with van der Waals surface area (Å²) < 4.78 is 42.0. The second kappa shape index (κ2) is 5.18.